The third-order valence-corrected chi connectivity index (χ3v) is 3.70. The van der Waals surface area contributed by atoms with E-state index in [4.69, 9.17) is 5.26 Å². The monoisotopic (exact) mass is 325 g/mol. The fourth-order valence-corrected chi connectivity index (χ4v) is 2.50. The van der Waals surface area contributed by atoms with E-state index in [0.29, 0.717) is 11.3 Å². The van der Waals surface area contributed by atoms with E-state index in [2.05, 4.69) is 10.6 Å². The van der Waals surface area contributed by atoms with Crippen molar-refractivity contribution in [1.29, 1.82) is 5.26 Å². The number of amides is 1. The highest BCUT2D eigenvalue weighted by atomic mass is 19.1. The van der Waals surface area contributed by atoms with E-state index >= 15 is 0 Å². The Kier molecular flexibility index (Phi) is 6.05. The van der Waals surface area contributed by atoms with Crippen LogP contribution in [0.5, 0.6) is 0 Å². The van der Waals surface area contributed by atoms with Crippen LogP contribution in [0.2, 0.25) is 0 Å². The molecule has 0 radical (unpaired) electrons. The SMILES string of the molecule is CC(C)[C@@H](NCC(=O)Nc1ccccc1C#N)c1ccc(F)cc1. The second-order valence-electron chi connectivity index (χ2n) is 5.86. The van der Waals surface area contributed by atoms with Crippen LogP contribution in [-0.4, -0.2) is 12.5 Å². The fourth-order valence-electron chi connectivity index (χ4n) is 2.50. The van der Waals surface area contributed by atoms with Gasteiger partial charge in [0.2, 0.25) is 5.91 Å². The summed E-state index contributed by atoms with van der Waals surface area (Å²) in [5.74, 6) is -0.285. The van der Waals surface area contributed by atoms with Crippen molar-refractivity contribution in [1.82, 2.24) is 5.32 Å². The first kappa shape index (κ1) is 17.6. The first-order chi connectivity index (χ1) is 11.5. The van der Waals surface area contributed by atoms with Crippen molar-refractivity contribution in [2.24, 2.45) is 5.92 Å². The average Bonchev–Trinajstić information content (AvgIpc) is 2.57. The van der Waals surface area contributed by atoms with Crippen molar-refractivity contribution >= 4 is 11.6 Å². The predicted molar refractivity (Wildman–Crippen MR) is 91.8 cm³/mol. The normalized spacial score (nSPS) is 11.8. The van der Waals surface area contributed by atoms with Gasteiger partial charge in [-0.1, -0.05) is 38.1 Å². The molecule has 0 spiro atoms. The number of nitrogens with zero attached hydrogens (tertiary/aromatic N) is 1. The maximum atomic E-state index is 13.1. The van der Waals surface area contributed by atoms with Gasteiger partial charge in [0.15, 0.2) is 0 Å². The van der Waals surface area contributed by atoms with Crippen LogP contribution in [0.3, 0.4) is 0 Å². The number of anilines is 1. The summed E-state index contributed by atoms with van der Waals surface area (Å²) in [6.07, 6.45) is 0. The number of halogens is 1. The molecule has 0 heterocycles. The molecular formula is C19H20FN3O. The van der Waals surface area contributed by atoms with Crippen LogP contribution in [0.15, 0.2) is 48.5 Å². The first-order valence-corrected chi connectivity index (χ1v) is 7.79. The second-order valence-corrected chi connectivity index (χ2v) is 5.86. The van der Waals surface area contributed by atoms with Crippen LogP contribution < -0.4 is 10.6 Å². The molecule has 0 aliphatic rings. The minimum atomic E-state index is -0.285. The largest absolute Gasteiger partial charge is 0.324 e. The van der Waals surface area contributed by atoms with Crippen molar-refractivity contribution in [2.45, 2.75) is 19.9 Å². The lowest BCUT2D eigenvalue weighted by atomic mass is 9.96. The van der Waals surface area contributed by atoms with Gasteiger partial charge in [-0.15, -0.1) is 0 Å². The lowest BCUT2D eigenvalue weighted by Crippen LogP contribution is -2.33. The standard InChI is InChI=1S/C19H20FN3O/c1-13(2)19(14-7-9-16(20)10-8-14)22-12-18(24)23-17-6-4-3-5-15(17)11-21/h3-10,13,19,22H,12H2,1-2H3,(H,23,24)/t19-/m1/s1. The van der Waals surface area contributed by atoms with Crippen LogP contribution in [0.4, 0.5) is 10.1 Å². The smallest absolute Gasteiger partial charge is 0.238 e. The van der Waals surface area contributed by atoms with E-state index in [-0.39, 0.29) is 30.2 Å². The number of rotatable bonds is 6. The lowest BCUT2D eigenvalue weighted by molar-refractivity contribution is -0.115. The minimum Gasteiger partial charge on any atom is -0.324 e. The molecule has 0 aliphatic carbocycles. The van der Waals surface area contributed by atoms with Gasteiger partial charge in [0.05, 0.1) is 17.8 Å². The Labute approximate surface area is 141 Å². The van der Waals surface area contributed by atoms with Crippen molar-refractivity contribution in [3.05, 3.63) is 65.5 Å². The molecule has 2 rings (SSSR count). The highest BCUT2D eigenvalue weighted by Gasteiger charge is 2.17. The van der Waals surface area contributed by atoms with Gasteiger partial charge >= 0.3 is 0 Å². The minimum absolute atomic E-state index is 0.0671. The number of nitrogens with one attached hydrogen (secondary N) is 2. The van der Waals surface area contributed by atoms with Gasteiger partial charge in [0.1, 0.15) is 11.9 Å². The first-order valence-electron chi connectivity index (χ1n) is 7.79. The van der Waals surface area contributed by atoms with Crippen molar-refractivity contribution in [3.8, 4) is 6.07 Å². The van der Waals surface area contributed by atoms with E-state index in [1.165, 1.54) is 12.1 Å². The molecule has 2 aromatic carbocycles. The van der Waals surface area contributed by atoms with Gasteiger partial charge in [0, 0.05) is 6.04 Å². The van der Waals surface area contributed by atoms with Crippen molar-refractivity contribution in [3.63, 3.8) is 0 Å². The van der Waals surface area contributed by atoms with Crippen LogP contribution in [-0.2, 0) is 4.79 Å². The quantitative estimate of drug-likeness (QED) is 0.852. The summed E-state index contributed by atoms with van der Waals surface area (Å²) in [6, 6.07) is 15.1. The number of para-hydroxylation sites is 1. The number of hydrogen-bond acceptors (Lipinski definition) is 3. The molecule has 0 unspecified atom stereocenters. The number of nitriles is 1. The molecule has 0 fully saturated rings. The van der Waals surface area contributed by atoms with Gasteiger partial charge < -0.3 is 10.6 Å². The Hall–Kier alpha value is -2.71. The molecule has 0 aromatic heterocycles. The van der Waals surface area contributed by atoms with Crippen LogP contribution in [0.1, 0.15) is 31.0 Å². The molecule has 24 heavy (non-hydrogen) atoms. The second kappa shape index (κ2) is 8.23. The maximum absolute atomic E-state index is 13.1. The van der Waals surface area contributed by atoms with Gasteiger partial charge in [-0.2, -0.15) is 5.26 Å². The third-order valence-electron chi connectivity index (χ3n) is 3.70. The zero-order valence-corrected chi connectivity index (χ0v) is 13.7. The van der Waals surface area contributed by atoms with Crippen molar-refractivity contribution in [2.75, 3.05) is 11.9 Å². The van der Waals surface area contributed by atoms with Crippen molar-refractivity contribution < 1.29 is 9.18 Å². The molecule has 124 valence electrons. The summed E-state index contributed by atoms with van der Waals surface area (Å²) in [4.78, 5) is 12.2. The maximum Gasteiger partial charge on any atom is 0.238 e. The van der Waals surface area contributed by atoms with Crippen LogP contribution in [0.25, 0.3) is 0 Å². The number of carbonyl (C=O) groups excluding carboxylic acids is 1. The molecule has 1 atom stereocenters. The number of hydrogen-bond donors (Lipinski definition) is 2. The zero-order valence-electron chi connectivity index (χ0n) is 13.7. The number of carbonyl (C=O) groups is 1. The highest BCUT2D eigenvalue weighted by molar-refractivity contribution is 5.93. The van der Waals surface area contributed by atoms with E-state index in [0.717, 1.165) is 5.56 Å². The molecule has 0 bridgehead atoms. The summed E-state index contributed by atoms with van der Waals surface area (Å²) in [6.45, 7) is 4.16. The summed E-state index contributed by atoms with van der Waals surface area (Å²) < 4.78 is 13.1. The van der Waals surface area contributed by atoms with Gasteiger partial charge in [-0.25, -0.2) is 4.39 Å². The van der Waals surface area contributed by atoms with E-state index in [1.807, 2.05) is 19.9 Å². The zero-order chi connectivity index (χ0) is 17.5. The Bertz CT molecular complexity index is 735. The van der Waals surface area contributed by atoms with E-state index < -0.39 is 0 Å². The Balaban J connectivity index is 2.00. The lowest BCUT2D eigenvalue weighted by Gasteiger charge is -2.23. The Morgan fingerprint density at radius 2 is 1.83 bits per heavy atom. The molecule has 0 aliphatic heterocycles. The fraction of sp³-hybridized carbons (Fsp3) is 0.263. The Morgan fingerprint density at radius 1 is 1.17 bits per heavy atom. The predicted octanol–water partition coefficient (Wildman–Crippen LogP) is 3.62. The molecule has 0 saturated carbocycles. The topological polar surface area (TPSA) is 64.9 Å². The van der Waals surface area contributed by atoms with Crippen LogP contribution >= 0.6 is 0 Å². The number of benzene rings is 2. The summed E-state index contributed by atoms with van der Waals surface area (Å²) >= 11 is 0. The Morgan fingerprint density at radius 3 is 2.46 bits per heavy atom. The third kappa shape index (κ3) is 4.64. The summed E-state index contributed by atoms with van der Waals surface area (Å²) in [5, 5.41) is 15.0. The molecule has 5 heteroatoms. The molecular weight excluding hydrogens is 305 g/mol. The molecule has 4 nitrogen and oxygen atoms in total. The van der Waals surface area contributed by atoms with Crippen LogP contribution in [0, 0.1) is 23.1 Å². The summed E-state index contributed by atoms with van der Waals surface area (Å²) in [5.41, 5.74) is 1.84. The highest BCUT2D eigenvalue weighted by Crippen LogP contribution is 2.21. The molecule has 0 saturated heterocycles. The van der Waals surface area contributed by atoms with E-state index in [9.17, 15) is 9.18 Å². The molecule has 2 N–H and O–H groups in total. The molecule has 1 amide bonds. The van der Waals surface area contributed by atoms with Gasteiger partial charge in [-0.05, 0) is 35.7 Å². The van der Waals surface area contributed by atoms with Gasteiger partial charge in [0.25, 0.3) is 0 Å². The summed E-state index contributed by atoms with van der Waals surface area (Å²) in [7, 11) is 0. The average molecular weight is 325 g/mol. The molecule has 2 aromatic rings. The van der Waals surface area contributed by atoms with E-state index in [1.54, 1.807) is 36.4 Å². The van der Waals surface area contributed by atoms with Gasteiger partial charge in [-0.3, -0.25) is 4.79 Å².